The quantitative estimate of drug-likeness (QED) is 0.630. The van der Waals surface area contributed by atoms with Gasteiger partial charge in [-0.25, -0.2) is 0 Å². The summed E-state index contributed by atoms with van der Waals surface area (Å²) in [6.45, 7) is 3.62. The van der Waals surface area contributed by atoms with Gasteiger partial charge in [-0.1, -0.05) is 25.7 Å². The van der Waals surface area contributed by atoms with E-state index in [1.807, 2.05) is 0 Å². The van der Waals surface area contributed by atoms with Gasteiger partial charge in [0, 0.05) is 0 Å². The topological polar surface area (TPSA) is 15.3 Å². The minimum atomic E-state index is 1.04. The van der Waals surface area contributed by atoms with E-state index in [4.69, 9.17) is 0 Å². The highest BCUT2D eigenvalue weighted by Gasteiger charge is 2.13. The summed E-state index contributed by atoms with van der Waals surface area (Å²) in [5.74, 6) is 1.04. The summed E-state index contributed by atoms with van der Waals surface area (Å²) in [6.07, 6.45) is 8.61. The lowest BCUT2D eigenvalue weighted by molar-refractivity contribution is 0.390. The minimum Gasteiger partial charge on any atom is -0.317 e. The fraction of sp³-hybridized carbons (Fsp3) is 1.00. The monoisotopic (exact) mass is 198 g/mol. The van der Waals surface area contributed by atoms with Gasteiger partial charge < -0.3 is 10.2 Å². The molecule has 0 amide bonds. The Kier molecular flexibility index (Phi) is 6.20. The summed E-state index contributed by atoms with van der Waals surface area (Å²) in [5.41, 5.74) is 0. The Balaban J connectivity index is 1.79. The van der Waals surface area contributed by atoms with Gasteiger partial charge in [-0.2, -0.15) is 0 Å². The maximum atomic E-state index is 3.54. The van der Waals surface area contributed by atoms with E-state index in [1.165, 1.54) is 58.2 Å². The van der Waals surface area contributed by atoms with Gasteiger partial charge in [-0.05, 0) is 52.5 Å². The van der Waals surface area contributed by atoms with E-state index in [9.17, 15) is 0 Å². The summed E-state index contributed by atoms with van der Waals surface area (Å²) >= 11 is 0. The van der Waals surface area contributed by atoms with E-state index >= 15 is 0 Å². The first-order valence-corrected chi connectivity index (χ1v) is 6.14. The molecule has 0 aromatic rings. The summed E-state index contributed by atoms with van der Waals surface area (Å²) in [4.78, 5) is 2.25. The van der Waals surface area contributed by atoms with Crippen molar-refractivity contribution < 1.29 is 0 Å². The summed E-state index contributed by atoms with van der Waals surface area (Å²) in [5, 5.41) is 3.54. The molecule has 1 aliphatic carbocycles. The lowest BCUT2D eigenvalue weighted by Gasteiger charge is -2.11. The Morgan fingerprint density at radius 1 is 1.14 bits per heavy atom. The molecule has 0 radical (unpaired) electrons. The Morgan fingerprint density at radius 2 is 1.86 bits per heavy atom. The zero-order valence-corrected chi connectivity index (χ0v) is 9.89. The van der Waals surface area contributed by atoms with Crippen LogP contribution in [0.4, 0.5) is 0 Å². The Morgan fingerprint density at radius 3 is 2.50 bits per heavy atom. The maximum absolute atomic E-state index is 3.54. The third-order valence-electron chi connectivity index (χ3n) is 3.16. The zero-order chi connectivity index (χ0) is 10.2. The largest absolute Gasteiger partial charge is 0.317 e. The van der Waals surface area contributed by atoms with Crippen molar-refractivity contribution in [2.75, 3.05) is 33.7 Å². The molecule has 2 heteroatoms. The van der Waals surface area contributed by atoms with Gasteiger partial charge >= 0.3 is 0 Å². The Hall–Kier alpha value is -0.0800. The highest BCUT2D eigenvalue weighted by Crippen LogP contribution is 2.26. The van der Waals surface area contributed by atoms with Gasteiger partial charge in [0.25, 0.3) is 0 Å². The van der Waals surface area contributed by atoms with Crippen LogP contribution in [0.2, 0.25) is 0 Å². The molecule has 0 spiro atoms. The van der Waals surface area contributed by atoms with E-state index in [0.29, 0.717) is 0 Å². The van der Waals surface area contributed by atoms with Gasteiger partial charge in [-0.15, -0.1) is 0 Å². The Labute approximate surface area is 89.1 Å². The zero-order valence-electron chi connectivity index (χ0n) is 9.89. The molecule has 0 aromatic carbocycles. The van der Waals surface area contributed by atoms with E-state index in [-0.39, 0.29) is 0 Å². The highest BCUT2D eigenvalue weighted by atomic mass is 15.0. The molecule has 0 heterocycles. The molecule has 0 aromatic heterocycles. The molecular weight excluding hydrogens is 172 g/mol. The van der Waals surface area contributed by atoms with E-state index in [0.717, 1.165) is 5.92 Å². The molecule has 0 unspecified atom stereocenters. The van der Waals surface area contributed by atoms with Crippen LogP contribution in [0.15, 0.2) is 0 Å². The van der Waals surface area contributed by atoms with Crippen LogP contribution in [-0.2, 0) is 0 Å². The smallest absolute Gasteiger partial charge is 0.00127 e. The molecule has 84 valence electrons. The second kappa shape index (κ2) is 7.24. The molecule has 1 saturated carbocycles. The second-order valence-corrected chi connectivity index (χ2v) is 4.85. The van der Waals surface area contributed by atoms with Gasteiger partial charge in [0.2, 0.25) is 0 Å². The van der Waals surface area contributed by atoms with Crippen LogP contribution in [0.25, 0.3) is 0 Å². The third kappa shape index (κ3) is 5.61. The summed E-state index contributed by atoms with van der Waals surface area (Å²) in [6, 6.07) is 0. The second-order valence-electron chi connectivity index (χ2n) is 4.85. The van der Waals surface area contributed by atoms with Crippen molar-refractivity contribution in [2.24, 2.45) is 5.92 Å². The lowest BCUT2D eigenvalue weighted by atomic mass is 10.0. The van der Waals surface area contributed by atoms with Crippen LogP contribution in [0.1, 0.15) is 38.5 Å². The molecule has 0 atom stereocenters. The average Bonchev–Trinajstić information content (AvgIpc) is 2.63. The molecule has 1 fully saturated rings. The van der Waals surface area contributed by atoms with Crippen LogP contribution in [0.5, 0.6) is 0 Å². The molecule has 2 nitrogen and oxygen atoms in total. The highest BCUT2D eigenvalue weighted by molar-refractivity contribution is 4.68. The van der Waals surface area contributed by atoms with Crippen molar-refractivity contribution in [2.45, 2.75) is 38.5 Å². The Bertz CT molecular complexity index is 128. The van der Waals surface area contributed by atoms with Crippen molar-refractivity contribution in [3.05, 3.63) is 0 Å². The van der Waals surface area contributed by atoms with Crippen molar-refractivity contribution in [3.8, 4) is 0 Å². The van der Waals surface area contributed by atoms with Crippen LogP contribution < -0.4 is 5.32 Å². The number of nitrogens with zero attached hydrogens (tertiary/aromatic N) is 1. The van der Waals surface area contributed by atoms with Gasteiger partial charge in [0.15, 0.2) is 0 Å². The number of hydrogen-bond acceptors (Lipinski definition) is 2. The van der Waals surface area contributed by atoms with Crippen molar-refractivity contribution in [3.63, 3.8) is 0 Å². The van der Waals surface area contributed by atoms with Gasteiger partial charge in [0.05, 0.1) is 0 Å². The van der Waals surface area contributed by atoms with Gasteiger partial charge in [-0.3, -0.25) is 0 Å². The fourth-order valence-corrected chi connectivity index (χ4v) is 2.25. The first kappa shape index (κ1) is 12.0. The van der Waals surface area contributed by atoms with Crippen molar-refractivity contribution >= 4 is 0 Å². The predicted molar refractivity (Wildman–Crippen MR) is 62.6 cm³/mol. The van der Waals surface area contributed by atoms with Gasteiger partial charge in [0.1, 0.15) is 0 Å². The van der Waals surface area contributed by atoms with Crippen LogP contribution in [0.3, 0.4) is 0 Å². The summed E-state index contributed by atoms with van der Waals surface area (Å²) in [7, 11) is 4.27. The fourth-order valence-electron chi connectivity index (χ4n) is 2.25. The average molecular weight is 198 g/mol. The normalized spacial score (nSPS) is 18.2. The SMILES string of the molecule is CN(C)CCCNCCC1CCCC1. The minimum absolute atomic E-state index is 1.04. The molecule has 0 aliphatic heterocycles. The molecule has 1 rings (SSSR count). The molecule has 14 heavy (non-hydrogen) atoms. The van der Waals surface area contributed by atoms with Crippen LogP contribution in [-0.4, -0.2) is 38.6 Å². The first-order valence-electron chi connectivity index (χ1n) is 6.14. The third-order valence-corrected chi connectivity index (χ3v) is 3.16. The maximum Gasteiger partial charge on any atom is -0.00127 e. The summed E-state index contributed by atoms with van der Waals surface area (Å²) < 4.78 is 0. The molecule has 1 aliphatic rings. The molecule has 1 N–H and O–H groups in total. The lowest BCUT2D eigenvalue weighted by Crippen LogP contribution is -2.23. The predicted octanol–water partition coefficient (Wildman–Crippen LogP) is 2.11. The number of nitrogens with one attached hydrogen (secondary N) is 1. The molecule has 0 saturated heterocycles. The van der Waals surface area contributed by atoms with Crippen LogP contribution >= 0.6 is 0 Å². The number of rotatable bonds is 7. The van der Waals surface area contributed by atoms with Crippen molar-refractivity contribution in [1.82, 2.24) is 10.2 Å². The van der Waals surface area contributed by atoms with E-state index in [1.54, 1.807) is 0 Å². The van der Waals surface area contributed by atoms with Crippen molar-refractivity contribution in [1.29, 1.82) is 0 Å². The first-order chi connectivity index (χ1) is 6.79. The standard InChI is InChI=1S/C12H26N2/c1-14(2)11-5-9-13-10-8-12-6-3-4-7-12/h12-13H,3-11H2,1-2H3. The van der Waals surface area contributed by atoms with E-state index in [2.05, 4.69) is 24.3 Å². The number of hydrogen-bond donors (Lipinski definition) is 1. The van der Waals surface area contributed by atoms with E-state index < -0.39 is 0 Å². The molecule has 0 bridgehead atoms. The molecular formula is C12H26N2. The van der Waals surface area contributed by atoms with Crippen LogP contribution in [0, 0.1) is 5.92 Å².